The van der Waals surface area contributed by atoms with Crippen LogP contribution in [0.2, 0.25) is 23.7 Å². The van der Waals surface area contributed by atoms with Crippen molar-refractivity contribution in [1.82, 2.24) is 15.0 Å². The summed E-state index contributed by atoms with van der Waals surface area (Å²) in [5.74, 6) is -0.625. The first-order chi connectivity index (χ1) is 23.0. The van der Waals surface area contributed by atoms with Crippen molar-refractivity contribution in [3.05, 3.63) is 100 Å². The number of halogens is 2. The first-order valence-electron chi connectivity index (χ1n) is 16.5. The maximum absolute atomic E-state index is 16.2. The standard InChI is InChI=1S/C36H39ClFN5O4Si/c1-23-34(48(2,3)38)32(16-18-41-22-27(17-19-44)39-40-41)47-36(23)29-20-26(37)11-14-31(29)42(35(36)46)21-24-8-12-28(13-9-24)43-30-7-5-4-6-25(30)10-15-33(43)45/h4-9,11-14,20,22-23,32,34,44H,10,15-19,21H2,1-3H3/t23-,32+,34-,36+/m1/s1. The number of rotatable bonds is 9. The summed E-state index contributed by atoms with van der Waals surface area (Å²) in [5, 5.41) is 18.0. The molecule has 3 aromatic carbocycles. The normalized spacial score (nSPS) is 23.7. The lowest BCUT2D eigenvalue weighted by atomic mass is 9.82. The van der Waals surface area contributed by atoms with Crippen LogP contribution in [0, 0.1) is 5.92 Å². The van der Waals surface area contributed by atoms with Gasteiger partial charge in [-0.1, -0.05) is 54.1 Å². The third-order valence-corrected chi connectivity index (χ3v) is 12.8. The second-order valence-electron chi connectivity index (χ2n) is 13.6. The Balaban J connectivity index is 1.18. The van der Waals surface area contributed by atoms with Crippen molar-refractivity contribution in [2.45, 2.75) is 76.0 Å². The highest BCUT2D eigenvalue weighted by atomic mass is 35.5. The lowest BCUT2D eigenvalue weighted by Gasteiger charge is -2.31. The number of hydrogen-bond donors (Lipinski definition) is 1. The van der Waals surface area contributed by atoms with Crippen molar-refractivity contribution in [2.75, 3.05) is 16.4 Å². The smallest absolute Gasteiger partial charge is 0.264 e. The molecule has 0 unspecified atom stereocenters. The predicted molar refractivity (Wildman–Crippen MR) is 184 cm³/mol. The minimum atomic E-state index is -3.34. The first kappa shape index (κ1) is 32.6. The molecule has 4 aromatic rings. The van der Waals surface area contributed by atoms with Crippen LogP contribution in [0.1, 0.15) is 42.1 Å². The van der Waals surface area contributed by atoms with Gasteiger partial charge in [-0.05, 0) is 73.5 Å². The van der Waals surface area contributed by atoms with Gasteiger partial charge in [0.25, 0.3) is 5.91 Å². The largest absolute Gasteiger partial charge is 0.396 e. The Morgan fingerprint density at radius 1 is 1.06 bits per heavy atom. The Morgan fingerprint density at radius 2 is 1.83 bits per heavy atom. The summed E-state index contributed by atoms with van der Waals surface area (Å²) in [6.07, 6.45) is 3.27. The number of carbonyl (C=O) groups excluding carboxylic acids is 2. The zero-order valence-corrected chi connectivity index (χ0v) is 29.0. The molecule has 7 rings (SSSR count). The number of aryl methyl sites for hydroxylation is 2. The molecule has 2 amide bonds. The molecule has 9 nitrogen and oxygen atoms in total. The minimum Gasteiger partial charge on any atom is -0.396 e. The molecular weight excluding hydrogens is 649 g/mol. The van der Waals surface area contributed by atoms with Crippen LogP contribution in [-0.4, -0.2) is 53.0 Å². The summed E-state index contributed by atoms with van der Waals surface area (Å²) < 4.78 is 24.7. The molecule has 250 valence electrons. The Labute approximate surface area is 285 Å². The van der Waals surface area contributed by atoms with E-state index in [1.165, 1.54) is 0 Å². The molecule has 48 heavy (non-hydrogen) atoms. The number of aliphatic hydroxyl groups excluding tert-OH is 1. The molecule has 1 spiro atoms. The van der Waals surface area contributed by atoms with Gasteiger partial charge in [-0.15, -0.1) is 5.10 Å². The van der Waals surface area contributed by atoms with Crippen molar-refractivity contribution >= 4 is 48.9 Å². The lowest BCUT2D eigenvalue weighted by Crippen LogP contribution is -2.45. The van der Waals surface area contributed by atoms with Crippen LogP contribution >= 0.6 is 11.6 Å². The number of anilines is 3. The van der Waals surface area contributed by atoms with Gasteiger partial charge in [-0.25, -0.2) is 0 Å². The van der Waals surface area contributed by atoms with Gasteiger partial charge < -0.3 is 18.9 Å². The SMILES string of the molecule is C[C@@H]1[C@@H]([Si](C)(C)F)[C@H](CCn2cc(CCO)nn2)O[C@@]12C(=O)N(Cc1ccc(N3C(=O)CCc4ccccc43)cc1)c1ccc(Cl)cc12. The van der Waals surface area contributed by atoms with Gasteiger partial charge in [0.15, 0.2) is 5.60 Å². The molecule has 4 heterocycles. The fourth-order valence-electron chi connectivity index (χ4n) is 8.03. The number of nitrogens with zero attached hydrogens (tertiary/aromatic N) is 5. The molecule has 0 saturated carbocycles. The van der Waals surface area contributed by atoms with Crippen molar-refractivity contribution < 1.29 is 23.5 Å². The summed E-state index contributed by atoms with van der Waals surface area (Å²) >= 11 is 6.54. The number of aliphatic hydroxyl groups is 1. The second kappa shape index (κ2) is 12.5. The van der Waals surface area contributed by atoms with E-state index in [1.807, 2.05) is 55.5 Å². The molecule has 0 aliphatic carbocycles. The topological polar surface area (TPSA) is 101 Å². The van der Waals surface area contributed by atoms with E-state index in [9.17, 15) is 14.7 Å². The van der Waals surface area contributed by atoms with Crippen LogP contribution in [0.4, 0.5) is 21.2 Å². The van der Waals surface area contributed by atoms with E-state index in [0.29, 0.717) is 47.8 Å². The minimum absolute atomic E-state index is 0.0223. The summed E-state index contributed by atoms with van der Waals surface area (Å²) in [7, 11) is -3.34. The van der Waals surface area contributed by atoms with Crippen molar-refractivity contribution in [1.29, 1.82) is 0 Å². The van der Waals surface area contributed by atoms with E-state index in [2.05, 4.69) is 16.4 Å². The van der Waals surface area contributed by atoms with Gasteiger partial charge >= 0.3 is 0 Å². The maximum Gasteiger partial charge on any atom is 0.264 e. The van der Waals surface area contributed by atoms with Crippen LogP contribution in [0.5, 0.6) is 0 Å². The third kappa shape index (κ3) is 5.56. The monoisotopic (exact) mass is 687 g/mol. The van der Waals surface area contributed by atoms with Gasteiger partial charge in [0.2, 0.25) is 14.3 Å². The summed E-state index contributed by atoms with van der Waals surface area (Å²) in [6.45, 7) is 5.98. The average molecular weight is 688 g/mol. The molecule has 1 N–H and O–H groups in total. The van der Waals surface area contributed by atoms with Crippen molar-refractivity contribution in [3.8, 4) is 0 Å². The van der Waals surface area contributed by atoms with E-state index >= 15 is 4.11 Å². The number of amides is 2. The number of carbonyl (C=O) groups is 2. The predicted octanol–water partition coefficient (Wildman–Crippen LogP) is 6.49. The summed E-state index contributed by atoms with van der Waals surface area (Å²) in [4.78, 5) is 31.2. The molecular formula is C36H39ClFN5O4Si. The van der Waals surface area contributed by atoms with E-state index in [1.54, 1.807) is 45.9 Å². The molecule has 0 bridgehead atoms. The van der Waals surface area contributed by atoms with Crippen LogP contribution in [0.3, 0.4) is 0 Å². The van der Waals surface area contributed by atoms with Gasteiger partial charge in [-0.3, -0.25) is 19.2 Å². The Bertz CT molecular complexity index is 1860. The highest BCUT2D eigenvalue weighted by molar-refractivity contribution is 6.72. The number of ether oxygens (including phenoxy) is 1. The maximum atomic E-state index is 16.2. The fraction of sp³-hybridized carbons (Fsp3) is 0.389. The van der Waals surface area contributed by atoms with Gasteiger partial charge in [-0.2, -0.15) is 0 Å². The first-order valence-corrected chi connectivity index (χ1v) is 19.8. The fourth-order valence-corrected chi connectivity index (χ4v) is 10.7. The summed E-state index contributed by atoms with van der Waals surface area (Å²) in [6, 6.07) is 21.1. The molecule has 4 atom stereocenters. The second-order valence-corrected chi connectivity index (χ2v) is 17.8. The van der Waals surface area contributed by atoms with Crippen LogP contribution in [0.15, 0.2) is 72.9 Å². The number of benzene rings is 3. The molecule has 1 aromatic heterocycles. The van der Waals surface area contributed by atoms with Crippen LogP contribution in [-0.2, 0) is 45.9 Å². The van der Waals surface area contributed by atoms with E-state index < -0.39 is 31.6 Å². The zero-order chi connectivity index (χ0) is 33.8. The van der Waals surface area contributed by atoms with Crippen molar-refractivity contribution in [3.63, 3.8) is 0 Å². The Hall–Kier alpha value is -3.90. The molecule has 1 fully saturated rings. The van der Waals surface area contributed by atoms with Gasteiger partial charge in [0.05, 0.1) is 29.7 Å². The van der Waals surface area contributed by atoms with Crippen molar-refractivity contribution in [2.24, 2.45) is 5.92 Å². The van der Waals surface area contributed by atoms with Crippen LogP contribution < -0.4 is 9.80 Å². The lowest BCUT2D eigenvalue weighted by molar-refractivity contribution is -0.146. The molecule has 3 aliphatic rings. The Kier molecular flexibility index (Phi) is 8.51. The molecule has 3 aliphatic heterocycles. The molecule has 1 saturated heterocycles. The third-order valence-electron chi connectivity index (χ3n) is 10.1. The highest BCUT2D eigenvalue weighted by Gasteiger charge is 2.66. The number of fused-ring (bicyclic) bond motifs is 3. The number of aromatic nitrogens is 3. The molecule has 12 heteroatoms. The van der Waals surface area contributed by atoms with E-state index in [4.69, 9.17) is 16.3 Å². The highest BCUT2D eigenvalue weighted by Crippen LogP contribution is 2.60. The molecule has 0 radical (unpaired) electrons. The number of hydrogen-bond acceptors (Lipinski definition) is 6. The quantitative estimate of drug-likeness (QED) is 0.160. The van der Waals surface area contributed by atoms with E-state index in [0.717, 1.165) is 28.9 Å². The Morgan fingerprint density at radius 3 is 2.58 bits per heavy atom. The van der Waals surface area contributed by atoms with Crippen LogP contribution in [0.25, 0.3) is 0 Å². The van der Waals surface area contributed by atoms with E-state index in [-0.39, 0.29) is 25.0 Å². The zero-order valence-electron chi connectivity index (χ0n) is 27.3. The van der Waals surface area contributed by atoms with Gasteiger partial charge in [0.1, 0.15) is 0 Å². The number of para-hydroxylation sites is 1. The average Bonchev–Trinajstić information content (AvgIpc) is 3.70. The summed E-state index contributed by atoms with van der Waals surface area (Å²) in [5.41, 5.74) is 3.88. The van der Waals surface area contributed by atoms with Gasteiger partial charge in [0, 0.05) is 59.9 Å².